The number of aliphatic carboxylic acids is 1. The predicted molar refractivity (Wildman–Crippen MR) is 154 cm³/mol. The topological polar surface area (TPSA) is 162 Å². The molecule has 4 aliphatic rings. The van der Waals surface area contributed by atoms with Crippen molar-refractivity contribution >= 4 is 46.9 Å². The Hall–Kier alpha value is -3.22. The van der Waals surface area contributed by atoms with Gasteiger partial charge in [-0.3, -0.25) is 14.4 Å². The Morgan fingerprint density at radius 3 is 2.68 bits per heavy atom. The molecule has 11 nitrogen and oxygen atoms in total. The Bertz CT molecular complexity index is 1320. The van der Waals surface area contributed by atoms with E-state index in [9.17, 15) is 29.1 Å². The second kappa shape index (κ2) is 11.6. The second-order valence-electron chi connectivity index (χ2n) is 11.7. The summed E-state index contributed by atoms with van der Waals surface area (Å²) < 4.78 is 0. The summed E-state index contributed by atoms with van der Waals surface area (Å²) in [6, 6.07) is 6.08. The number of amides is 3. The molecule has 0 saturated carbocycles. The molecule has 0 radical (unpaired) electrons. The minimum Gasteiger partial charge on any atom is -0.477 e. The van der Waals surface area contributed by atoms with Gasteiger partial charge in [0, 0.05) is 59.4 Å². The van der Waals surface area contributed by atoms with E-state index < -0.39 is 12.0 Å². The monoisotopic (exact) mass is 583 g/mol. The van der Waals surface area contributed by atoms with Crippen LogP contribution in [0.15, 0.2) is 34.9 Å². The van der Waals surface area contributed by atoms with Gasteiger partial charge in [-0.15, -0.1) is 11.8 Å². The molecule has 0 bridgehead atoms. The number of nitrogens with zero attached hydrogens (tertiary/aromatic N) is 2. The number of anilines is 1. The van der Waals surface area contributed by atoms with Gasteiger partial charge in [-0.2, -0.15) is 0 Å². The van der Waals surface area contributed by atoms with Crippen molar-refractivity contribution in [2.45, 2.75) is 63.4 Å². The fourth-order valence-electron chi connectivity index (χ4n) is 6.63. The van der Waals surface area contributed by atoms with E-state index in [-0.39, 0.29) is 70.7 Å². The molecule has 4 aliphatic heterocycles. The van der Waals surface area contributed by atoms with Crippen LogP contribution in [-0.4, -0.2) is 87.4 Å². The van der Waals surface area contributed by atoms with Gasteiger partial charge in [-0.25, -0.2) is 4.79 Å². The van der Waals surface area contributed by atoms with Crippen LogP contribution < -0.4 is 16.4 Å². The molecule has 220 valence electrons. The van der Waals surface area contributed by atoms with Gasteiger partial charge in [0.25, 0.3) is 5.91 Å². The van der Waals surface area contributed by atoms with Crippen molar-refractivity contribution in [1.29, 1.82) is 0 Å². The Morgan fingerprint density at radius 1 is 1.27 bits per heavy atom. The van der Waals surface area contributed by atoms with E-state index in [1.54, 1.807) is 29.2 Å². The van der Waals surface area contributed by atoms with E-state index in [1.165, 1.54) is 23.6 Å². The molecule has 0 spiro atoms. The quantitative estimate of drug-likeness (QED) is 0.317. The van der Waals surface area contributed by atoms with Gasteiger partial charge in [0.15, 0.2) is 0 Å². The number of nitrogens with one attached hydrogen (secondary N) is 2. The smallest absolute Gasteiger partial charge is 0.353 e. The fraction of sp³-hybridized carbons (Fsp3) is 0.552. The number of hydrogen-bond acceptors (Lipinski definition) is 8. The molecule has 3 saturated heterocycles. The standard InChI is InChI=1S/C29H37N5O6S/c1-14(9-15(2)35)22-23-16(3)25(24(29(39)40)34(23)28(22)38)41-20-11-21(31-12-20)26(36)32-19-6-4-5-17(10-19)27(37)33-8-7-18(30)13-33/h4-6,10,14,16,18,20-23,31H,7-9,11-13,30H2,1-3H3,(H,32,36)(H,39,40)/t14-,16+,18-,20-,21-,22+,23+/m0/s1. The molecular weight excluding hydrogens is 546 g/mol. The van der Waals surface area contributed by atoms with E-state index in [2.05, 4.69) is 10.6 Å². The number of fused-ring (bicyclic) bond motifs is 1. The highest BCUT2D eigenvalue weighted by atomic mass is 32.2. The molecule has 0 aromatic heterocycles. The van der Waals surface area contributed by atoms with Crippen molar-refractivity contribution in [2.75, 3.05) is 25.0 Å². The number of nitrogens with two attached hydrogens (primary N) is 1. The molecule has 3 amide bonds. The van der Waals surface area contributed by atoms with Crippen LogP contribution in [0.3, 0.4) is 0 Å². The molecule has 12 heteroatoms. The van der Waals surface area contributed by atoms with Crippen LogP contribution in [0.1, 0.15) is 50.4 Å². The first-order chi connectivity index (χ1) is 19.5. The highest BCUT2D eigenvalue weighted by Crippen LogP contribution is 2.53. The van der Waals surface area contributed by atoms with Crippen molar-refractivity contribution in [3.8, 4) is 0 Å². The lowest BCUT2D eigenvalue weighted by molar-refractivity contribution is -0.160. The summed E-state index contributed by atoms with van der Waals surface area (Å²) in [7, 11) is 0. The molecule has 4 heterocycles. The number of Topliss-reactive ketones (excluding diaryl/α,β-unsaturated/α-hetero) is 1. The number of thioether (sulfide) groups is 1. The lowest BCUT2D eigenvalue weighted by Crippen LogP contribution is -2.62. The third-order valence-electron chi connectivity index (χ3n) is 8.60. The lowest BCUT2D eigenvalue weighted by Gasteiger charge is -2.47. The number of benzene rings is 1. The average molecular weight is 584 g/mol. The van der Waals surface area contributed by atoms with E-state index >= 15 is 0 Å². The van der Waals surface area contributed by atoms with Crippen LogP contribution in [0, 0.1) is 17.8 Å². The zero-order chi connectivity index (χ0) is 29.6. The van der Waals surface area contributed by atoms with E-state index in [0.717, 1.165) is 6.42 Å². The maximum Gasteiger partial charge on any atom is 0.353 e. The van der Waals surface area contributed by atoms with Crippen LogP contribution in [0.4, 0.5) is 5.69 Å². The van der Waals surface area contributed by atoms with Gasteiger partial charge >= 0.3 is 5.97 Å². The van der Waals surface area contributed by atoms with Gasteiger partial charge in [-0.05, 0) is 43.9 Å². The zero-order valence-electron chi connectivity index (χ0n) is 23.5. The average Bonchev–Trinajstić information content (AvgIpc) is 3.61. The van der Waals surface area contributed by atoms with Crippen LogP contribution in [0.2, 0.25) is 0 Å². The molecule has 0 aliphatic carbocycles. The molecule has 7 atom stereocenters. The number of ketones is 1. The number of carbonyl (C=O) groups is 5. The third-order valence-corrected chi connectivity index (χ3v) is 10.1. The summed E-state index contributed by atoms with van der Waals surface area (Å²) >= 11 is 1.42. The molecule has 1 aromatic rings. The van der Waals surface area contributed by atoms with Crippen molar-refractivity contribution in [3.05, 3.63) is 40.4 Å². The lowest BCUT2D eigenvalue weighted by atomic mass is 9.73. The number of carboxylic acids is 1. The Labute approximate surface area is 243 Å². The van der Waals surface area contributed by atoms with Crippen LogP contribution >= 0.6 is 11.8 Å². The maximum absolute atomic E-state index is 13.1. The summed E-state index contributed by atoms with van der Waals surface area (Å²) in [6.45, 7) is 6.94. The summed E-state index contributed by atoms with van der Waals surface area (Å²) in [6.07, 6.45) is 1.53. The number of likely N-dealkylation sites (tertiary alicyclic amines) is 1. The van der Waals surface area contributed by atoms with E-state index in [4.69, 9.17) is 5.73 Å². The first-order valence-corrected chi connectivity index (χ1v) is 15.0. The minimum atomic E-state index is -1.14. The van der Waals surface area contributed by atoms with E-state index in [1.807, 2.05) is 13.8 Å². The molecule has 0 unspecified atom stereocenters. The van der Waals surface area contributed by atoms with Gasteiger partial charge in [-0.1, -0.05) is 19.9 Å². The minimum absolute atomic E-state index is 0.00594. The normalized spacial score (nSPS) is 29.8. The number of hydrogen-bond donors (Lipinski definition) is 4. The highest BCUT2D eigenvalue weighted by Gasteiger charge is 2.60. The Kier molecular flexibility index (Phi) is 8.27. The SMILES string of the molecule is CC(=O)C[C@H](C)[C@H]1C(=O)N2C(C(=O)O)=C(S[C@@H]3CN[C@H](C(=O)Nc4cccc(C(=O)N5CC[C@H](N)C5)c4)C3)[C@H](C)[C@H]12. The Morgan fingerprint density at radius 2 is 2.02 bits per heavy atom. The van der Waals surface area contributed by atoms with Crippen LogP contribution in [0.25, 0.3) is 0 Å². The second-order valence-corrected chi connectivity index (χ2v) is 13.1. The van der Waals surface area contributed by atoms with Crippen molar-refractivity contribution in [3.63, 3.8) is 0 Å². The Balaban J connectivity index is 1.21. The zero-order valence-corrected chi connectivity index (χ0v) is 24.3. The van der Waals surface area contributed by atoms with Crippen molar-refractivity contribution in [1.82, 2.24) is 15.1 Å². The van der Waals surface area contributed by atoms with Crippen molar-refractivity contribution < 1.29 is 29.1 Å². The summed E-state index contributed by atoms with van der Waals surface area (Å²) in [5.74, 6) is -2.44. The molecule has 41 heavy (non-hydrogen) atoms. The maximum atomic E-state index is 13.1. The highest BCUT2D eigenvalue weighted by molar-refractivity contribution is 8.03. The van der Waals surface area contributed by atoms with Gasteiger partial charge < -0.3 is 36.1 Å². The number of carboxylic acid groups (broad SMARTS) is 1. The van der Waals surface area contributed by atoms with Gasteiger partial charge in [0.1, 0.15) is 11.5 Å². The number of carbonyl (C=O) groups excluding carboxylic acids is 4. The van der Waals surface area contributed by atoms with Crippen LogP contribution in [0.5, 0.6) is 0 Å². The van der Waals surface area contributed by atoms with Crippen molar-refractivity contribution in [2.24, 2.45) is 23.5 Å². The molecule has 5 rings (SSSR count). The summed E-state index contributed by atoms with van der Waals surface area (Å²) in [5.41, 5.74) is 6.97. The summed E-state index contributed by atoms with van der Waals surface area (Å²) in [5, 5.41) is 16.1. The predicted octanol–water partition coefficient (Wildman–Crippen LogP) is 1.65. The van der Waals surface area contributed by atoms with Gasteiger partial charge in [0.2, 0.25) is 11.8 Å². The van der Waals surface area contributed by atoms with Crippen LogP contribution in [-0.2, 0) is 19.2 Å². The molecule has 1 aromatic carbocycles. The largest absolute Gasteiger partial charge is 0.477 e. The summed E-state index contributed by atoms with van der Waals surface area (Å²) in [4.78, 5) is 66.6. The molecule has 3 fully saturated rings. The number of β-lactam (4-membered cyclic amide) rings is 1. The number of rotatable bonds is 9. The van der Waals surface area contributed by atoms with Gasteiger partial charge in [0.05, 0.1) is 18.0 Å². The molecular formula is C29H37N5O6S. The molecule has 5 N–H and O–H groups in total. The fourth-order valence-corrected chi connectivity index (χ4v) is 8.11. The first-order valence-electron chi connectivity index (χ1n) is 14.1. The van der Waals surface area contributed by atoms with E-state index in [0.29, 0.717) is 42.2 Å². The third kappa shape index (κ3) is 5.64. The first kappa shape index (κ1) is 29.3.